The van der Waals surface area contributed by atoms with Crippen LogP contribution in [-0.4, -0.2) is 58.3 Å². The molecular formula is C24H23F2N5O2S. The number of sulfonamides is 1. The summed E-state index contributed by atoms with van der Waals surface area (Å²) in [4.78, 5) is 11.1. The van der Waals surface area contributed by atoms with Gasteiger partial charge in [-0.15, -0.1) is 0 Å². The van der Waals surface area contributed by atoms with E-state index >= 15 is 0 Å². The van der Waals surface area contributed by atoms with Crippen LogP contribution in [0, 0.1) is 18.6 Å². The first-order chi connectivity index (χ1) is 16.3. The van der Waals surface area contributed by atoms with E-state index < -0.39 is 21.7 Å². The van der Waals surface area contributed by atoms with Gasteiger partial charge in [-0.2, -0.15) is 4.31 Å². The molecule has 1 fully saturated rings. The summed E-state index contributed by atoms with van der Waals surface area (Å²) in [5.74, 6) is -1.02. The van der Waals surface area contributed by atoms with E-state index in [9.17, 15) is 17.2 Å². The van der Waals surface area contributed by atoms with E-state index in [2.05, 4.69) is 16.0 Å². The molecule has 0 saturated carbocycles. The number of hydrogen-bond acceptors (Lipinski definition) is 5. The molecule has 1 saturated heterocycles. The van der Waals surface area contributed by atoms with Crippen molar-refractivity contribution in [2.24, 2.45) is 0 Å². The van der Waals surface area contributed by atoms with E-state index in [4.69, 9.17) is 4.98 Å². The molecule has 0 radical (unpaired) electrons. The van der Waals surface area contributed by atoms with E-state index in [0.29, 0.717) is 25.7 Å². The van der Waals surface area contributed by atoms with E-state index in [-0.39, 0.29) is 18.0 Å². The van der Waals surface area contributed by atoms with Crippen molar-refractivity contribution in [3.8, 4) is 5.69 Å². The highest BCUT2D eigenvalue weighted by Gasteiger charge is 2.30. The predicted octanol–water partition coefficient (Wildman–Crippen LogP) is 3.51. The predicted molar refractivity (Wildman–Crippen MR) is 124 cm³/mol. The number of halogens is 2. The Balaban J connectivity index is 1.37. The van der Waals surface area contributed by atoms with Gasteiger partial charge < -0.3 is 0 Å². The lowest BCUT2D eigenvalue weighted by Gasteiger charge is -2.33. The number of rotatable bonds is 5. The van der Waals surface area contributed by atoms with Gasteiger partial charge >= 0.3 is 0 Å². The number of pyridine rings is 1. The van der Waals surface area contributed by atoms with Crippen LogP contribution in [0.2, 0.25) is 0 Å². The average Bonchev–Trinajstić information content (AvgIpc) is 3.16. The first kappa shape index (κ1) is 22.6. The second-order valence-corrected chi connectivity index (χ2v) is 10.3. The molecule has 0 bridgehead atoms. The van der Waals surface area contributed by atoms with Gasteiger partial charge in [0.25, 0.3) is 0 Å². The molecule has 2 aromatic carbocycles. The largest absolute Gasteiger partial charge is 0.293 e. The molecule has 10 heteroatoms. The molecule has 1 aliphatic heterocycles. The van der Waals surface area contributed by atoms with Gasteiger partial charge in [-0.25, -0.2) is 27.2 Å². The molecule has 4 aromatic rings. The summed E-state index contributed by atoms with van der Waals surface area (Å²) in [6.45, 7) is 3.88. The lowest BCUT2D eigenvalue weighted by molar-refractivity contribution is 0.177. The van der Waals surface area contributed by atoms with E-state index in [1.54, 1.807) is 6.20 Å². The van der Waals surface area contributed by atoms with Crippen LogP contribution < -0.4 is 0 Å². The molecule has 34 heavy (non-hydrogen) atoms. The first-order valence-electron chi connectivity index (χ1n) is 10.9. The standard InChI is InChI=1S/C24H23F2N5O2S/c1-17-4-2-5-20(12-17)31-23(28-22-6-3-7-27-24(22)31)16-29-8-10-30(11-9-29)34(32,33)21-14-18(25)13-19(26)15-21/h2-7,12-15H,8-11,16H2,1H3. The number of aryl methyl sites for hydroxylation is 1. The van der Waals surface area contributed by atoms with Gasteiger partial charge in [0.15, 0.2) is 5.65 Å². The summed E-state index contributed by atoms with van der Waals surface area (Å²) in [6, 6.07) is 14.2. The summed E-state index contributed by atoms with van der Waals surface area (Å²) < 4.78 is 56.2. The van der Waals surface area contributed by atoms with Crippen molar-refractivity contribution in [3.63, 3.8) is 0 Å². The maximum absolute atomic E-state index is 13.6. The van der Waals surface area contributed by atoms with Crippen LogP contribution in [0.15, 0.2) is 65.7 Å². The summed E-state index contributed by atoms with van der Waals surface area (Å²) in [5, 5.41) is 0. The van der Waals surface area contributed by atoms with Gasteiger partial charge in [-0.1, -0.05) is 12.1 Å². The fourth-order valence-electron chi connectivity index (χ4n) is 4.26. The van der Waals surface area contributed by atoms with Crippen LogP contribution in [0.25, 0.3) is 16.9 Å². The topological polar surface area (TPSA) is 71.3 Å². The average molecular weight is 484 g/mol. The molecule has 0 spiro atoms. The Morgan fingerprint density at radius 3 is 2.38 bits per heavy atom. The molecular weight excluding hydrogens is 460 g/mol. The zero-order chi connectivity index (χ0) is 23.9. The number of hydrogen-bond donors (Lipinski definition) is 0. The first-order valence-corrected chi connectivity index (χ1v) is 12.3. The van der Waals surface area contributed by atoms with Crippen molar-refractivity contribution >= 4 is 21.2 Å². The summed E-state index contributed by atoms with van der Waals surface area (Å²) in [6.07, 6.45) is 1.74. The van der Waals surface area contributed by atoms with E-state index in [1.165, 1.54) is 4.31 Å². The van der Waals surface area contributed by atoms with Crippen LogP contribution in [-0.2, 0) is 16.6 Å². The van der Waals surface area contributed by atoms with Gasteiger partial charge in [0, 0.05) is 44.1 Å². The maximum atomic E-state index is 13.6. The Morgan fingerprint density at radius 2 is 1.68 bits per heavy atom. The van der Waals surface area contributed by atoms with Crippen molar-refractivity contribution in [3.05, 3.63) is 83.8 Å². The van der Waals surface area contributed by atoms with Gasteiger partial charge in [0.05, 0.1) is 11.4 Å². The molecule has 5 rings (SSSR count). The van der Waals surface area contributed by atoms with Gasteiger partial charge in [-0.05, 0) is 48.9 Å². The van der Waals surface area contributed by atoms with Crippen LogP contribution in [0.5, 0.6) is 0 Å². The Morgan fingerprint density at radius 1 is 0.941 bits per heavy atom. The molecule has 0 aliphatic carbocycles. The van der Waals surface area contributed by atoms with Crippen LogP contribution in [0.3, 0.4) is 0 Å². The molecule has 0 unspecified atom stereocenters. The van der Waals surface area contributed by atoms with Crippen molar-refractivity contribution in [1.29, 1.82) is 0 Å². The van der Waals surface area contributed by atoms with Crippen molar-refractivity contribution in [1.82, 2.24) is 23.7 Å². The van der Waals surface area contributed by atoms with Crippen molar-refractivity contribution in [2.45, 2.75) is 18.4 Å². The summed E-state index contributed by atoms with van der Waals surface area (Å²) in [7, 11) is -3.98. The molecule has 0 N–H and O–H groups in total. The third-order valence-corrected chi connectivity index (χ3v) is 7.79. The van der Waals surface area contributed by atoms with Crippen molar-refractivity contribution in [2.75, 3.05) is 26.2 Å². The Bertz CT molecular complexity index is 1440. The highest BCUT2D eigenvalue weighted by atomic mass is 32.2. The summed E-state index contributed by atoms with van der Waals surface area (Å²) in [5.41, 5.74) is 3.63. The number of aromatic nitrogens is 3. The number of nitrogens with zero attached hydrogens (tertiary/aromatic N) is 5. The second kappa shape index (κ2) is 8.86. The minimum absolute atomic E-state index is 0.212. The molecule has 1 aliphatic rings. The Hall–Kier alpha value is -3.21. The molecule has 3 heterocycles. The Kier molecular flexibility index (Phi) is 5.88. The maximum Gasteiger partial charge on any atom is 0.243 e. The highest BCUT2D eigenvalue weighted by molar-refractivity contribution is 7.89. The monoisotopic (exact) mass is 483 g/mol. The van der Waals surface area contributed by atoms with Crippen molar-refractivity contribution < 1.29 is 17.2 Å². The molecule has 0 atom stereocenters. The third kappa shape index (κ3) is 4.31. The fourth-order valence-corrected chi connectivity index (χ4v) is 5.72. The quantitative estimate of drug-likeness (QED) is 0.435. The fraction of sp³-hybridized carbons (Fsp3) is 0.250. The van der Waals surface area contributed by atoms with Gasteiger partial charge in [0.1, 0.15) is 23.0 Å². The summed E-state index contributed by atoms with van der Waals surface area (Å²) >= 11 is 0. The second-order valence-electron chi connectivity index (χ2n) is 8.33. The van der Waals surface area contributed by atoms with Gasteiger partial charge in [-0.3, -0.25) is 9.47 Å². The lowest BCUT2D eigenvalue weighted by atomic mass is 10.2. The van der Waals surface area contributed by atoms with Gasteiger partial charge in [0.2, 0.25) is 10.0 Å². The zero-order valence-electron chi connectivity index (χ0n) is 18.5. The van der Waals surface area contributed by atoms with Crippen LogP contribution in [0.4, 0.5) is 8.78 Å². The van der Waals surface area contributed by atoms with Crippen LogP contribution in [0.1, 0.15) is 11.4 Å². The van der Waals surface area contributed by atoms with E-state index in [1.807, 2.05) is 41.8 Å². The number of imidazole rings is 1. The Labute approximate surface area is 196 Å². The lowest BCUT2D eigenvalue weighted by Crippen LogP contribution is -2.48. The zero-order valence-corrected chi connectivity index (χ0v) is 19.3. The minimum atomic E-state index is -3.98. The third-order valence-electron chi connectivity index (χ3n) is 5.92. The number of benzene rings is 2. The number of piperazine rings is 1. The molecule has 0 amide bonds. The normalized spacial score (nSPS) is 15.7. The van der Waals surface area contributed by atoms with Crippen LogP contribution >= 0.6 is 0 Å². The smallest absolute Gasteiger partial charge is 0.243 e. The minimum Gasteiger partial charge on any atom is -0.293 e. The molecule has 2 aromatic heterocycles. The molecule has 7 nitrogen and oxygen atoms in total. The molecule has 176 valence electrons. The SMILES string of the molecule is Cc1cccc(-n2c(CN3CCN(S(=O)(=O)c4cc(F)cc(F)c4)CC3)nc3cccnc32)c1. The number of fused-ring (bicyclic) bond motifs is 1. The highest BCUT2D eigenvalue weighted by Crippen LogP contribution is 2.24. The van der Waals surface area contributed by atoms with E-state index in [0.717, 1.165) is 40.4 Å².